The van der Waals surface area contributed by atoms with Crippen molar-refractivity contribution in [1.29, 1.82) is 0 Å². The van der Waals surface area contributed by atoms with E-state index in [0.717, 1.165) is 0 Å². The van der Waals surface area contributed by atoms with Crippen molar-refractivity contribution >= 4 is 5.91 Å². The van der Waals surface area contributed by atoms with Gasteiger partial charge in [-0.15, -0.1) is 0 Å². The number of carbonyl (C=O) groups excluding carboxylic acids is 1. The Morgan fingerprint density at radius 3 is 2.75 bits per heavy atom. The molecule has 3 nitrogen and oxygen atoms in total. The van der Waals surface area contributed by atoms with Crippen LogP contribution in [0.3, 0.4) is 0 Å². The van der Waals surface area contributed by atoms with Gasteiger partial charge in [0.15, 0.2) is 0 Å². The summed E-state index contributed by atoms with van der Waals surface area (Å²) in [6.45, 7) is 2.72. The topological polar surface area (TPSA) is 37.3 Å². The van der Waals surface area contributed by atoms with E-state index >= 15 is 0 Å². The standard InChI is InChI=1S/C9H14NO2/c1-9(12)10(7-8-11)5-3-2-4-6-10/h2-5,11H,6-8H2,1H3/q+1. The smallest absolute Gasteiger partial charge is 0.315 e. The average Bonchev–Trinajstić information content (AvgIpc) is 2.06. The second-order valence-electron chi connectivity index (χ2n) is 2.95. The van der Waals surface area contributed by atoms with Crippen LogP contribution in [0.15, 0.2) is 24.4 Å². The van der Waals surface area contributed by atoms with Crippen molar-refractivity contribution in [2.75, 3.05) is 19.7 Å². The molecule has 0 saturated heterocycles. The molecule has 66 valence electrons. The van der Waals surface area contributed by atoms with Crippen LogP contribution in [0.4, 0.5) is 0 Å². The van der Waals surface area contributed by atoms with E-state index in [-0.39, 0.29) is 17.0 Å². The molecule has 0 aromatic heterocycles. The highest BCUT2D eigenvalue weighted by molar-refractivity contribution is 5.66. The lowest BCUT2D eigenvalue weighted by Gasteiger charge is -2.30. The molecule has 1 atom stereocenters. The van der Waals surface area contributed by atoms with Gasteiger partial charge in [0.25, 0.3) is 0 Å². The van der Waals surface area contributed by atoms with Gasteiger partial charge in [0.2, 0.25) is 0 Å². The SMILES string of the molecule is CC(=O)[N+]1(CCO)C=CC=CC1. The van der Waals surface area contributed by atoms with Crippen LogP contribution in [0, 0.1) is 0 Å². The summed E-state index contributed by atoms with van der Waals surface area (Å²) in [7, 11) is 0. The minimum absolute atomic E-state index is 0.0394. The Kier molecular flexibility index (Phi) is 2.78. The maximum Gasteiger partial charge on any atom is 0.315 e. The summed E-state index contributed by atoms with van der Waals surface area (Å²) in [5.41, 5.74) is 0. The van der Waals surface area contributed by atoms with Crippen molar-refractivity contribution in [3.8, 4) is 0 Å². The van der Waals surface area contributed by atoms with E-state index in [0.29, 0.717) is 13.1 Å². The van der Waals surface area contributed by atoms with E-state index in [1.54, 1.807) is 6.92 Å². The molecule has 1 amide bonds. The number of hydrogen-bond acceptors (Lipinski definition) is 2. The Bertz CT molecular complexity index is 233. The molecule has 0 radical (unpaired) electrons. The van der Waals surface area contributed by atoms with Gasteiger partial charge < -0.3 is 5.11 Å². The molecule has 12 heavy (non-hydrogen) atoms. The summed E-state index contributed by atoms with van der Waals surface area (Å²) in [5, 5.41) is 8.81. The lowest BCUT2D eigenvalue weighted by molar-refractivity contribution is -0.797. The van der Waals surface area contributed by atoms with Gasteiger partial charge in [-0.05, 0) is 12.2 Å². The highest BCUT2D eigenvalue weighted by Gasteiger charge is 2.29. The van der Waals surface area contributed by atoms with Crippen LogP contribution >= 0.6 is 0 Å². The molecule has 0 aromatic rings. The van der Waals surface area contributed by atoms with E-state index in [2.05, 4.69) is 0 Å². The van der Waals surface area contributed by atoms with Crippen LogP contribution in [0.2, 0.25) is 0 Å². The molecule has 1 N–H and O–H groups in total. The first-order valence-corrected chi connectivity index (χ1v) is 4.04. The number of aliphatic hydroxyl groups is 1. The van der Waals surface area contributed by atoms with Crippen molar-refractivity contribution in [2.45, 2.75) is 6.92 Å². The predicted molar refractivity (Wildman–Crippen MR) is 46.0 cm³/mol. The molecule has 1 unspecified atom stereocenters. The third kappa shape index (κ3) is 1.62. The Hall–Kier alpha value is -0.930. The summed E-state index contributed by atoms with van der Waals surface area (Å²) >= 11 is 0. The minimum Gasteiger partial charge on any atom is -0.390 e. The molecule has 1 aliphatic rings. The third-order valence-electron chi connectivity index (χ3n) is 2.18. The van der Waals surface area contributed by atoms with Crippen LogP contribution in [-0.2, 0) is 4.79 Å². The molecular formula is C9H14NO2+. The Morgan fingerprint density at radius 2 is 2.33 bits per heavy atom. The maximum atomic E-state index is 11.3. The zero-order chi connectivity index (χ0) is 9.03. The zero-order valence-electron chi connectivity index (χ0n) is 7.23. The van der Waals surface area contributed by atoms with Gasteiger partial charge in [-0.1, -0.05) is 6.08 Å². The van der Waals surface area contributed by atoms with E-state index in [1.807, 2.05) is 24.4 Å². The van der Waals surface area contributed by atoms with E-state index < -0.39 is 0 Å². The molecule has 0 spiro atoms. The first-order chi connectivity index (χ1) is 5.71. The Morgan fingerprint density at radius 1 is 1.58 bits per heavy atom. The van der Waals surface area contributed by atoms with Crippen molar-refractivity contribution in [1.82, 2.24) is 0 Å². The summed E-state index contributed by atoms with van der Waals surface area (Å²) in [6, 6.07) is 0. The monoisotopic (exact) mass is 168 g/mol. The molecule has 3 heteroatoms. The number of carbonyl (C=O) groups is 1. The summed E-state index contributed by atoms with van der Waals surface area (Å²) in [6.07, 6.45) is 7.53. The van der Waals surface area contributed by atoms with Crippen molar-refractivity contribution in [2.24, 2.45) is 0 Å². The van der Waals surface area contributed by atoms with Crippen LogP contribution < -0.4 is 0 Å². The van der Waals surface area contributed by atoms with Gasteiger partial charge in [0.05, 0.1) is 13.5 Å². The molecule has 0 bridgehead atoms. The molecule has 0 fully saturated rings. The predicted octanol–water partition coefficient (Wildman–Crippen LogP) is 0.425. The van der Waals surface area contributed by atoms with Crippen molar-refractivity contribution in [3.63, 3.8) is 0 Å². The van der Waals surface area contributed by atoms with Gasteiger partial charge in [0.1, 0.15) is 19.3 Å². The first kappa shape index (κ1) is 9.16. The number of allylic oxidation sites excluding steroid dienone is 2. The average molecular weight is 168 g/mol. The highest BCUT2D eigenvalue weighted by Crippen LogP contribution is 2.12. The van der Waals surface area contributed by atoms with Crippen LogP contribution in [0.1, 0.15) is 6.92 Å². The highest BCUT2D eigenvalue weighted by atomic mass is 16.3. The lowest BCUT2D eigenvalue weighted by Crippen LogP contribution is -2.49. The van der Waals surface area contributed by atoms with Crippen molar-refractivity contribution in [3.05, 3.63) is 24.4 Å². The molecule has 0 aliphatic carbocycles. The third-order valence-corrected chi connectivity index (χ3v) is 2.18. The molecule has 0 saturated carbocycles. The number of quaternary nitrogens is 1. The van der Waals surface area contributed by atoms with E-state index in [9.17, 15) is 4.79 Å². The summed E-state index contributed by atoms with van der Waals surface area (Å²) < 4.78 is 0.243. The van der Waals surface area contributed by atoms with Crippen LogP contribution in [0.5, 0.6) is 0 Å². The molecule has 1 aliphatic heterocycles. The summed E-state index contributed by atoms with van der Waals surface area (Å²) in [4.78, 5) is 11.3. The Labute approximate surface area is 72.2 Å². The quantitative estimate of drug-likeness (QED) is 0.607. The maximum absolute atomic E-state index is 11.3. The number of nitrogens with zero attached hydrogens (tertiary/aromatic N) is 1. The zero-order valence-corrected chi connectivity index (χ0v) is 7.23. The molecular weight excluding hydrogens is 154 g/mol. The summed E-state index contributed by atoms with van der Waals surface area (Å²) in [5.74, 6) is 0.0738. The van der Waals surface area contributed by atoms with Crippen LogP contribution in [0.25, 0.3) is 0 Å². The van der Waals surface area contributed by atoms with Crippen LogP contribution in [-0.4, -0.2) is 35.2 Å². The Balaban J connectivity index is 2.80. The van der Waals surface area contributed by atoms with Gasteiger partial charge in [-0.3, -0.25) is 0 Å². The fourth-order valence-electron chi connectivity index (χ4n) is 1.34. The number of rotatable bonds is 2. The number of amides is 1. The first-order valence-electron chi connectivity index (χ1n) is 4.04. The lowest BCUT2D eigenvalue weighted by atomic mass is 10.2. The van der Waals surface area contributed by atoms with Crippen molar-refractivity contribution < 1.29 is 14.4 Å². The van der Waals surface area contributed by atoms with Gasteiger partial charge in [-0.2, -0.15) is 0 Å². The molecule has 1 heterocycles. The van der Waals surface area contributed by atoms with Gasteiger partial charge >= 0.3 is 5.91 Å². The van der Waals surface area contributed by atoms with E-state index in [4.69, 9.17) is 5.11 Å². The number of aliphatic hydroxyl groups excluding tert-OH is 1. The second kappa shape index (κ2) is 3.65. The molecule has 0 aromatic carbocycles. The van der Waals surface area contributed by atoms with Gasteiger partial charge in [0, 0.05) is 0 Å². The second-order valence-corrected chi connectivity index (χ2v) is 2.95. The fourth-order valence-corrected chi connectivity index (χ4v) is 1.34. The largest absolute Gasteiger partial charge is 0.390 e. The number of hydrogen-bond donors (Lipinski definition) is 1. The van der Waals surface area contributed by atoms with Gasteiger partial charge in [-0.25, -0.2) is 9.28 Å². The molecule has 1 rings (SSSR count). The fraction of sp³-hybridized carbons (Fsp3) is 0.444. The minimum atomic E-state index is 0.0394. The van der Waals surface area contributed by atoms with E-state index in [1.165, 1.54) is 0 Å². The normalized spacial score (nSPS) is 27.5.